The lowest BCUT2D eigenvalue weighted by molar-refractivity contribution is 0.746. The van der Waals surface area contributed by atoms with Crippen LogP contribution in [0.1, 0.15) is 11.3 Å². The fourth-order valence-corrected chi connectivity index (χ4v) is 2.94. The molecule has 3 heterocycles. The molecule has 0 aliphatic carbocycles. The molecule has 0 N–H and O–H groups in total. The zero-order valence-electron chi connectivity index (χ0n) is 13.6. The first-order chi connectivity index (χ1) is 12.1. The Hall–Kier alpha value is -2.92. The Morgan fingerprint density at radius 3 is 2.64 bits per heavy atom. The van der Waals surface area contributed by atoms with Crippen molar-refractivity contribution in [3.63, 3.8) is 0 Å². The zero-order valence-corrected chi connectivity index (χ0v) is 14.3. The first-order valence-electron chi connectivity index (χ1n) is 7.87. The molecule has 0 atom stereocenters. The lowest BCUT2D eigenvalue weighted by Gasteiger charge is -2.11. The van der Waals surface area contributed by atoms with Gasteiger partial charge in [0.1, 0.15) is 5.15 Å². The molecule has 1 aromatic carbocycles. The summed E-state index contributed by atoms with van der Waals surface area (Å²) in [6.45, 7) is 2.46. The smallest absolute Gasteiger partial charge is 0.259 e. The quantitative estimate of drug-likeness (QED) is 0.531. The average Bonchev–Trinajstić information content (AvgIpc) is 3.07. The molecule has 0 amide bonds. The Bertz CT molecular complexity index is 1100. The summed E-state index contributed by atoms with van der Waals surface area (Å²) in [5, 5.41) is 0.456. The van der Waals surface area contributed by atoms with E-state index in [1.54, 1.807) is 28.9 Å². The minimum Gasteiger partial charge on any atom is -0.311 e. The summed E-state index contributed by atoms with van der Waals surface area (Å²) in [5.41, 5.74) is 3.49. The van der Waals surface area contributed by atoms with E-state index < -0.39 is 0 Å². The Morgan fingerprint density at radius 2 is 1.92 bits per heavy atom. The van der Waals surface area contributed by atoms with Crippen LogP contribution < -0.4 is 5.56 Å². The third-order valence-corrected chi connectivity index (χ3v) is 4.35. The fraction of sp³-hybridized carbons (Fsp3) is 0.105. The summed E-state index contributed by atoms with van der Waals surface area (Å²) in [6, 6.07) is 15.1. The first-order valence-corrected chi connectivity index (χ1v) is 8.25. The number of rotatable bonds is 3. The molecule has 4 rings (SSSR count). The van der Waals surface area contributed by atoms with Gasteiger partial charge in [0.2, 0.25) is 5.78 Å². The molecule has 3 aromatic heterocycles. The summed E-state index contributed by atoms with van der Waals surface area (Å²) in [5.74, 6) is 0.610. The summed E-state index contributed by atoms with van der Waals surface area (Å²) >= 11 is 5.86. The first kappa shape index (κ1) is 15.6. The van der Waals surface area contributed by atoms with Gasteiger partial charge in [-0.1, -0.05) is 48.0 Å². The number of halogens is 1. The molecule has 0 aliphatic heterocycles. The van der Waals surface area contributed by atoms with E-state index in [1.165, 1.54) is 0 Å². The van der Waals surface area contributed by atoms with Gasteiger partial charge in [-0.05, 0) is 18.6 Å². The molecule has 5 nitrogen and oxygen atoms in total. The van der Waals surface area contributed by atoms with Crippen molar-refractivity contribution in [1.82, 2.24) is 18.9 Å². The van der Waals surface area contributed by atoms with Crippen LogP contribution in [0.4, 0.5) is 0 Å². The largest absolute Gasteiger partial charge is 0.311 e. The summed E-state index contributed by atoms with van der Waals surface area (Å²) in [7, 11) is 0. The molecule has 4 aromatic rings. The van der Waals surface area contributed by atoms with Crippen molar-refractivity contribution in [1.29, 1.82) is 0 Å². The van der Waals surface area contributed by atoms with E-state index in [4.69, 9.17) is 16.6 Å². The van der Waals surface area contributed by atoms with Crippen molar-refractivity contribution in [3.05, 3.63) is 87.7 Å². The molecule has 124 valence electrons. The van der Waals surface area contributed by atoms with Crippen LogP contribution in [0.15, 0.2) is 65.7 Å². The normalized spacial score (nSPS) is 11.1. The van der Waals surface area contributed by atoms with Gasteiger partial charge < -0.3 is 4.57 Å². The van der Waals surface area contributed by atoms with E-state index >= 15 is 0 Å². The second kappa shape index (κ2) is 6.18. The third-order valence-electron chi connectivity index (χ3n) is 4.12. The Morgan fingerprint density at radius 1 is 1.12 bits per heavy atom. The van der Waals surface area contributed by atoms with E-state index in [2.05, 4.69) is 4.98 Å². The van der Waals surface area contributed by atoms with Gasteiger partial charge in [0.25, 0.3) is 5.56 Å². The van der Waals surface area contributed by atoms with E-state index in [-0.39, 0.29) is 5.56 Å². The topological polar surface area (TPSA) is 52.2 Å². The molecule has 6 heteroatoms. The number of hydrogen-bond acceptors (Lipinski definition) is 3. The number of imidazole rings is 1. The third kappa shape index (κ3) is 2.94. The lowest BCUT2D eigenvalue weighted by Crippen LogP contribution is -2.19. The van der Waals surface area contributed by atoms with Crippen LogP contribution in [0.2, 0.25) is 5.15 Å². The highest BCUT2D eigenvalue weighted by molar-refractivity contribution is 6.29. The molecule has 0 aliphatic rings. The van der Waals surface area contributed by atoms with Crippen molar-refractivity contribution < 1.29 is 0 Å². The van der Waals surface area contributed by atoms with Crippen molar-refractivity contribution >= 4 is 17.4 Å². The van der Waals surface area contributed by atoms with Crippen molar-refractivity contribution in [2.24, 2.45) is 0 Å². The molecule has 0 bridgehead atoms. The fourth-order valence-electron chi connectivity index (χ4n) is 2.83. The standard InChI is InChI=1S/C19H15ClN4O/c1-13-9-18(25)24-12-16(15-5-3-2-4-6-15)22-19(24)23(13)11-14-7-8-17(20)21-10-14/h2-10,12H,11H2,1H3. The maximum atomic E-state index is 12.4. The van der Waals surface area contributed by atoms with Gasteiger partial charge in [0, 0.05) is 29.7 Å². The van der Waals surface area contributed by atoms with Gasteiger partial charge in [-0.3, -0.25) is 9.20 Å². The van der Waals surface area contributed by atoms with Gasteiger partial charge in [-0.25, -0.2) is 9.97 Å². The maximum Gasteiger partial charge on any atom is 0.259 e. The van der Waals surface area contributed by atoms with Crippen molar-refractivity contribution in [2.45, 2.75) is 13.5 Å². The van der Waals surface area contributed by atoms with Gasteiger partial charge in [-0.2, -0.15) is 0 Å². The Kier molecular flexibility index (Phi) is 3.86. The highest BCUT2D eigenvalue weighted by Gasteiger charge is 2.12. The summed E-state index contributed by atoms with van der Waals surface area (Å²) < 4.78 is 3.58. The minimum absolute atomic E-state index is 0.0901. The molecule has 0 saturated heterocycles. The maximum absolute atomic E-state index is 12.4. The highest BCUT2D eigenvalue weighted by Crippen LogP contribution is 2.19. The van der Waals surface area contributed by atoms with Crippen LogP contribution >= 0.6 is 11.6 Å². The molecular weight excluding hydrogens is 336 g/mol. The Balaban J connectivity index is 1.87. The molecule has 0 unspecified atom stereocenters. The number of aryl methyl sites for hydroxylation is 1. The molecule has 0 radical (unpaired) electrons. The van der Waals surface area contributed by atoms with Crippen molar-refractivity contribution in [3.8, 4) is 11.3 Å². The van der Waals surface area contributed by atoms with E-state index in [1.807, 2.05) is 47.9 Å². The predicted octanol–water partition coefficient (Wildman–Crippen LogP) is 3.57. The summed E-state index contributed by atoms with van der Waals surface area (Å²) in [6.07, 6.45) is 3.51. The van der Waals surface area contributed by atoms with Gasteiger partial charge in [-0.15, -0.1) is 0 Å². The van der Waals surface area contributed by atoms with Crippen LogP contribution in [-0.4, -0.2) is 18.9 Å². The molecule has 0 saturated carbocycles. The van der Waals surface area contributed by atoms with Crippen LogP contribution in [0, 0.1) is 6.92 Å². The molecule has 25 heavy (non-hydrogen) atoms. The van der Waals surface area contributed by atoms with Gasteiger partial charge >= 0.3 is 0 Å². The monoisotopic (exact) mass is 350 g/mol. The molecular formula is C19H15ClN4O. The highest BCUT2D eigenvalue weighted by atomic mass is 35.5. The zero-order chi connectivity index (χ0) is 17.4. The van der Waals surface area contributed by atoms with Crippen LogP contribution in [0.25, 0.3) is 17.0 Å². The van der Waals surface area contributed by atoms with Crippen molar-refractivity contribution in [2.75, 3.05) is 0 Å². The van der Waals surface area contributed by atoms with Crippen LogP contribution in [0.5, 0.6) is 0 Å². The van der Waals surface area contributed by atoms with E-state index in [0.29, 0.717) is 17.5 Å². The van der Waals surface area contributed by atoms with E-state index in [0.717, 1.165) is 22.5 Å². The number of fused-ring (bicyclic) bond motifs is 1. The minimum atomic E-state index is -0.0901. The number of nitrogens with zero attached hydrogens (tertiary/aromatic N) is 4. The second-order valence-electron chi connectivity index (χ2n) is 5.86. The average molecular weight is 351 g/mol. The van der Waals surface area contributed by atoms with E-state index in [9.17, 15) is 4.79 Å². The second-order valence-corrected chi connectivity index (χ2v) is 6.25. The van der Waals surface area contributed by atoms with Crippen LogP contribution in [0.3, 0.4) is 0 Å². The number of aromatic nitrogens is 4. The SMILES string of the molecule is Cc1cc(=O)n2cc(-c3ccccc3)nc2n1Cc1ccc(Cl)nc1. The van der Waals surface area contributed by atoms with Gasteiger partial charge in [0.15, 0.2) is 0 Å². The predicted molar refractivity (Wildman–Crippen MR) is 98.0 cm³/mol. The number of hydrogen-bond donors (Lipinski definition) is 0. The van der Waals surface area contributed by atoms with Gasteiger partial charge in [0.05, 0.1) is 12.2 Å². The molecule has 0 fully saturated rings. The Labute approximate surface area is 149 Å². The van der Waals surface area contributed by atoms with Crippen LogP contribution in [-0.2, 0) is 6.54 Å². The molecule has 0 spiro atoms. The number of pyridine rings is 1. The summed E-state index contributed by atoms with van der Waals surface area (Å²) in [4.78, 5) is 21.2. The lowest BCUT2D eigenvalue weighted by atomic mass is 10.2. The number of benzene rings is 1.